The summed E-state index contributed by atoms with van der Waals surface area (Å²) >= 11 is 0. The van der Waals surface area contributed by atoms with E-state index in [4.69, 9.17) is 5.73 Å². The third kappa shape index (κ3) is 3.20. The zero-order valence-corrected chi connectivity index (χ0v) is 6.84. The van der Waals surface area contributed by atoms with Gasteiger partial charge in [-0.05, 0) is 19.0 Å². The molecule has 0 aromatic heterocycles. The molecular formula is C8H17N3. The molecule has 0 aromatic carbocycles. The topological polar surface area (TPSA) is 73.0 Å². The molecule has 1 aliphatic rings. The van der Waals surface area contributed by atoms with Crippen molar-refractivity contribution in [1.29, 1.82) is 0 Å². The molecule has 6 N–H and O–H groups in total. The normalized spacial score (nSPS) is 21.1. The molecule has 3 heteroatoms. The molecule has 64 valence electrons. The van der Waals surface area contributed by atoms with Crippen LogP contribution in [-0.4, -0.2) is 12.6 Å². The van der Waals surface area contributed by atoms with Gasteiger partial charge in [0.25, 0.3) is 0 Å². The fourth-order valence-corrected chi connectivity index (χ4v) is 0.981. The molecule has 0 radical (unpaired) electrons. The minimum atomic E-state index is 0. The second-order valence-electron chi connectivity index (χ2n) is 2.58. The van der Waals surface area contributed by atoms with E-state index in [1.54, 1.807) is 0 Å². The molecule has 1 aliphatic carbocycles. The number of nitrogens with two attached hydrogens (primary N) is 1. The second-order valence-corrected chi connectivity index (χ2v) is 2.58. The maximum atomic E-state index is 5.47. The Labute approximate surface area is 67.9 Å². The summed E-state index contributed by atoms with van der Waals surface area (Å²) in [4.78, 5) is 0. The van der Waals surface area contributed by atoms with Crippen molar-refractivity contribution >= 4 is 0 Å². The Balaban J connectivity index is 0.000001000. The van der Waals surface area contributed by atoms with Gasteiger partial charge in [-0.2, -0.15) is 0 Å². The second kappa shape index (κ2) is 4.93. The third-order valence-corrected chi connectivity index (χ3v) is 1.63. The molecule has 0 saturated carbocycles. The Morgan fingerprint density at radius 3 is 2.91 bits per heavy atom. The van der Waals surface area contributed by atoms with E-state index in [1.165, 1.54) is 0 Å². The van der Waals surface area contributed by atoms with Gasteiger partial charge in [0.1, 0.15) is 0 Å². The SMILES string of the molecule is C=CCCNC1C=C(N)C1.N. The van der Waals surface area contributed by atoms with Gasteiger partial charge in [0.2, 0.25) is 0 Å². The summed E-state index contributed by atoms with van der Waals surface area (Å²) in [6.45, 7) is 4.65. The van der Waals surface area contributed by atoms with Crippen molar-refractivity contribution in [2.24, 2.45) is 5.73 Å². The van der Waals surface area contributed by atoms with Gasteiger partial charge in [0.05, 0.1) is 0 Å². The average Bonchev–Trinajstić information content (AvgIpc) is 1.85. The molecule has 0 saturated heterocycles. The first-order valence-electron chi connectivity index (χ1n) is 3.63. The van der Waals surface area contributed by atoms with Crippen LogP contribution in [0.2, 0.25) is 0 Å². The van der Waals surface area contributed by atoms with Crippen LogP contribution in [0.3, 0.4) is 0 Å². The van der Waals surface area contributed by atoms with E-state index in [0.717, 1.165) is 25.1 Å². The lowest BCUT2D eigenvalue weighted by Gasteiger charge is -2.23. The highest BCUT2D eigenvalue weighted by molar-refractivity contribution is 5.16. The smallest absolute Gasteiger partial charge is 0.0324 e. The molecule has 1 unspecified atom stereocenters. The highest BCUT2D eigenvalue weighted by Gasteiger charge is 2.14. The van der Waals surface area contributed by atoms with E-state index in [9.17, 15) is 0 Å². The van der Waals surface area contributed by atoms with Crippen LogP contribution in [0, 0.1) is 0 Å². The zero-order chi connectivity index (χ0) is 7.40. The minimum Gasteiger partial charge on any atom is -0.402 e. The van der Waals surface area contributed by atoms with Gasteiger partial charge in [-0.1, -0.05) is 6.08 Å². The lowest BCUT2D eigenvalue weighted by atomic mass is 10.0. The molecule has 0 bridgehead atoms. The quantitative estimate of drug-likeness (QED) is 0.417. The Kier molecular flexibility index (Phi) is 4.57. The molecule has 0 fully saturated rings. The van der Waals surface area contributed by atoms with E-state index >= 15 is 0 Å². The van der Waals surface area contributed by atoms with Crippen LogP contribution in [0.1, 0.15) is 12.8 Å². The van der Waals surface area contributed by atoms with E-state index in [-0.39, 0.29) is 6.15 Å². The first kappa shape index (κ1) is 10.2. The molecule has 0 heterocycles. The number of rotatable bonds is 4. The molecular weight excluding hydrogens is 138 g/mol. The number of hydrogen-bond donors (Lipinski definition) is 3. The first-order valence-corrected chi connectivity index (χ1v) is 3.63. The molecule has 3 nitrogen and oxygen atoms in total. The van der Waals surface area contributed by atoms with Crippen LogP contribution in [0.25, 0.3) is 0 Å². The van der Waals surface area contributed by atoms with Crippen molar-refractivity contribution in [1.82, 2.24) is 11.5 Å². The van der Waals surface area contributed by atoms with Crippen molar-refractivity contribution in [3.8, 4) is 0 Å². The van der Waals surface area contributed by atoms with Crippen molar-refractivity contribution in [3.05, 3.63) is 24.4 Å². The van der Waals surface area contributed by atoms with Crippen LogP contribution >= 0.6 is 0 Å². The predicted molar refractivity (Wildman–Crippen MR) is 48.5 cm³/mol. The Hall–Kier alpha value is -0.800. The van der Waals surface area contributed by atoms with Crippen LogP contribution < -0.4 is 17.2 Å². The highest BCUT2D eigenvalue weighted by Crippen LogP contribution is 2.12. The fraction of sp³-hybridized carbons (Fsp3) is 0.500. The standard InChI is InChI=1S/C8H14N2.H3N/c1-2-3-4-10-8-5-7(9)6-8;/h2,5,8,10H,1,3-4,6,9H2;1H3. The molecule has 0 aromatic rings. The zero-order valence-electron chi connectivity index (χ0n) is 6.84. The van der Waals surface area contributed by atoms with E-state index in [0.29, 0.717) is 6.04 Å². The van der Waals surface area contributed by atoms with Crippen molar-refractivity contribution in [2.45, 2.75) is 18.9 Å². The summed E-state index contributed by atoms with van der Waals surface area (Å²) in [6, 6.07) is 0.528. The van der Waals surface area contributed by atoms with Gasteiger partial charge in [-0.3, -0.25) is 0 Å². The summed E-state index contributed by atoms with van der Waals surface area (Å²) in [5, 5.41) is 3.32. The van der Waals surface area contributed by atoms with Gasteiger partial charge in [0, 0.05) is 18.2 Å². The van der Waals surface area contributed by atoms with E-state index in [1.807, 2.05) is 6.08 Å². The van der Waals surface area contributed by atoms with Gasteiger partial charge in [-0.25, -0.2) is 0 Å². The van der Waals surface area contributed by atoms with Crippen molar-refractivity contribution in [2.75, 3.05) is 6.54 Å². The minimum absolute atomic E-state index is 0. The van der Waals surface area contributed by atoms with E-state index in [2.05, 4.69) is 18.0 Å². The highest BCUT2D eigenvalue weighted by atomic mass is 14.9. The molecule has 1 atom stereocenters. The van der Waals surface area contributed by atoms with Gasteiger partial charge in [0.15, 0.2) is 0 Å². The van der Waals surface area contributed by atoms with Gasteiger partial charge in [-0.15, -0.1) is 6.58 Å². The fourth-order valence-electron chi connectivity index (χ4n) is 0.981. The van der Waals surface area contributed by atoms with Crippen LogP contribution in [0.15, 0.2) is 24.4 Å². The van der Waals surface area contributed by atoms with Crippen LogP contribution in [0.4, 0.5) is 0 Å². The maximum Gasteiger partial charge on any atom is 0.0324 e. The summed E-state index contributed by atoms with van der Waals surface area (Å²) in [5.41, 5.74) is 6.48. The molecule has 0 amide bonds. The summed E-state index contributed by atoms with van der Waals surface area (Å²) in [5.74, 6) is 0. The molecule has 11 heavy (non-hydrogen) atoms. The van der Waals surface area contributed by atoms with E-state index < -0.39 is 0 Å². The molecule has 1 rings (SSSR count). The Bertz CT molecular complexity index is 151. The largest absolute Gasteiger partial charge is 0.402 e. The third-order valence-electron chi connectivity index (χ3n) is 1.63. The number of hydrogen-bond acceptors (Lipinski definition) is 3. The first-order chi connectivity index (χ1) is 4.83. The van der Waals surface area contributed by atoms with Gasteiger partial charge >= 0.3 is 0 Å². The summed E-state index contributed by atoms with van der Waals surface area (Å²) in [7, 11) is 0. The maximum absolute atomic E-state index is 5.47. The van der Waals surface area contributed by atoms with Crippen molar-refractivity contribution < 1.29 is 0 Å². The van der Waals surface area contributed by atoms with Crippen molar-refractivity contribution in [3.63, 3.8) is 0 Å². The lowest BCUT2D eigenvalue weighted by molar-refractivity contribution is 0.548. The predicted octanol–water partition coefficient (Wildman–Crippen LogP) is 0.929. The number of nitrogens with one attached hydrogen (secondary N) is 1. The summed E-state index contributed by atoms with van der Waals surface area (Å²) in [6.07, 6.45) is 6.02. The Morgan fingerprint density at radius 2 is 2.45 bits per heavy atom. The Morgan fingerprint density at radius 1 is 1.82 bits per heavy atom. The molecule has 0 spiro atoms. The van der Waals surface area contributed by atoms with Crippen LogP contribution in [-0.2, 0) is 0 Å². The molecule has 0 aliphatic heterocycles. The van der Waals surface area contributed by atoms with Gasteiger partial charge < -0.3 is 17.2 Å². The monoisotopic (exact) mass is 155 g/mol. The summed E-state index contributed by atoms with van der Waals surface area (Å²) < 4.78 is 0. The van der Waals surface area contributed by atoms with Crippen LogP contribution in [0.5, 0.6) is 0 Å². The lowest BCUT2D eigenvalue weighted by Crippen LogP contribution is -2.36. The average molecular weight is 155 g/mol.